The van der Waals surface area contributed by atoms with Crippen LogP contribution in [0.25, 0.3) is 33.0 Å². The summed E-state index contributed by atoms with van der Waals surface area (Å²) in [6.07, 6.45) is 0. The number of rotatable bonds is 4. The van der Waals surface area contributed by atoms with Crippen LogP contribution in [0.3, 0.4) is 0 Å². The highest BCUT2D eigenvalue weighted by atomic mass is 14.8. The van der Waals surface area contributed by atoms with Crippen LogP contribution in [0.1, 0.15) is 11.1 Å². The average molecular weight is 485 g/mol. The van der Waals surface area contributed by atoms with Gasteiger partial charge in [0.1, 0.15) is 0 Å². The van der Waals surface area contributed by atoms with E-state index in [2.05, 4.69) is 133 Å². The Hall–Kier alpha value is -5.08. The zero-order valence-corrected chi connectivity index (χ0v) is 20.8. The Bertz CT molecular complexity index is 1680. The maximum atomic E-state index is 5.16. The molecule has 0 heterocycles. The van der Waals surface area contributed by atoms with Gasteiger partial charge in [-0.25, -0.2) is 9.98 Å². The summed E-state index contributed by atoms with van der Waals surface area (Å²) in [4.78, 5) is 10.3. The van der Waals surface area contributed by atoms with Crippen LogP contribution in [0.2, 0.25) is 0 Å². The van der Waals surface area contributed by atoms with Crippen LogP contribution in [0.15, 0.2) is 156 Å². The van der Waals surface area contributed by atoms with E-state index in [1.54, 1.807) is 0 Å². The van der Waals surface area contributed by atoms with E-state index < -0.39 is 0 Å². The predicted molar refractivity (Wildman–Crippen MR) is 160 cm³/mol. The Balaban J connectivity index is 1.32. The molecule has 0 N–H and O–H groups in total. The van der Waals surface area contributed by atoms with Crippen LogP contribution >= 0.6 is 0 Å². The summed E-state index contributed by atoms with van der Waals surface area (Å²) in [5, 5.41) is 2.42. The van der Waals surface area contributed by atoms with Crippen molar-refractivity contribution in [2.75, 3.05) is 0 Å². The summed E-state index contributed by atoms with van der Waals surface area (Å²) in [5.41, 5.74) is 10.7. The Morgan fingerprint density at radius 2 is 0.711 bits per heavy atom. The first kappa shape index (κ1) is 22.1. The molecule has 1 aliphatic carbocycles. The van der Waals surface area contributed by atoms with Gasteiger partial charge in [-0.05, 0) is 51.9 Å². The lowest BCUT2D eigenvalue weighted by Gasteiger charge is -2.06. The van der Waals surface area contributed by atoms with Gasteiger partial charge in [0, 0.05) is 16.5 Å². The number of nitrogens with zero attached hydrogens (tertiary/aromatic N) is 2. The van der Waals surface area contributed by atoms with Crippen molar-refractivity contribution in [2.45, 2.75) is 0 Å². The third-order valence-corrected chi connectivity index (χ3v) is 7.07. The number of hydrogen-bond acceptors (Lipinski definition) is 2. The van der Waals surface area contributed by atoms with E-state index in [9.17, 15) is 0 Å². The lowest BCUT2D eigenvalue weighted by molar-refractivity contribution is 1.49. The average Bonchev–Trinajstić information content (AvgIpc) is 3.28. The third-order valence-electron chi connectivity index (χ3n) is 7.07. The Morgan fingerprint density at radius 1 is 0.316 bits per heavy atom. The Morgan fingerprint density at radius 3 is 1.13 bits per heavy atom. The second kappa shape index (κ2) is 9.42. The van der Waals surface area contributed by atoms with Gasteiger partial charge in [0.25, 0.3) is 0 Å². The molecular formula is C36H24N2. The van der Waals surface area contributed by atoms with Crippen LogP contribution in [0.4, 0.5) is 11.4 Å². The second-order valence-electron chi connectivity index (χ2n) is 9.46. The van der Waals surface area contributed by atoms with Gasteiger partial charge in [0.15, 0.2) is 0 Å². The molecule has 178 valence electrons. The molecule has 0 unspecified atom stereocenters. The van der Waals surface area contributed by atoms with Crippen LogP contribution in [0.5, 0.6) is 0 Å². The molecule has 0 saturated heterocycles. The van der Waals surface area contributed by atoms with Crippen LogP contribution in [0, 0.1) is 0 Å². The van der Waals surface area contributed by atoms with E-state index >= 15 is 0 Å². The summed E-state index contributed by atoms with van der Waals surface area (Å²) < 4.78 is 0. The van der Waals surface area contributed by atoms with Crippen molar-refractivity contribution < 1.29 is 0 Å². The molecule has 6 aromatic carbocycles. The molecule has 6 aromatic rings. The van der Waals surface area contributed by atoms with Gasteiger partial charge >= 0.3 is 0 Å². The van der Waals surface area contributed by atoms with Gasteiger partial charge in [-0.3, -0.25) is 0 Å². The van der Waals surface area contributed by atoms with Gasteiger partial charge < -0.3 is 0 Å². The van der Waals surface area contributed by atoms with Gasteiger partial charge in [-0.15, -0.1) is 0 Å². The molecule has 0 fully saturated rings. The highest BCUT2D eigenvalue weighted by molar-refractivity contribution is 6.61. The molecule has 0 spiro atoms. The molecule has 1 aliphatic rings. The van der Waals surface area contributed by atoms with Crippen molar-refractivity contribution in [1.29, 1.82) is 0 Å². The summed E-state index contributed by atoms with van der Waals surface area (Å²) in [6, 6.07) is 50.6. The van der Waals surface area contributed by atoms with Crippen molar-refractivity contribution >= 4 is 33.6 Å². The van der Waals surface area contributed by atoms with Crippen LogP contribution in [-0.4, -0.2) is 11.4 Å². The fourth-order valence-electron chi connectivity index (χ4n) is 5.19. The van der Waals surface area contributed by atoms with Gasteiger partial charge in [-0.1, -0.05) is 121 Å². The minimum Gasteiger partial charge on any atom is -0.246 e. The quantitative estimate of drug-likeness (QED) is 0.238. The molecule has 0 aromatic heterocycles. The van der Waals surface area contributed by atoms with E-state index in [1.165, 1.54) is 33.0 Å². The lowest BCUT2D eigenvalue weighted by Crippen LogP contribution is -2.10. The number of aliphatic imine (C=N–C) groups is 2. The minimum atomic E-state index is 0.913. The molecular weight excluding hydrogens is 460 g/mol. The first-order chi connectivity index (χ1) is 18.8. The van der Waals surface area contributed by atoms with Gasteiger partial charge in [0.05, 0.1) is 22.8 Å². The molecule has 0 saturated carbocycles. The van der Waals surface area contributed by atoms with Crippen molar-refractivity contribution in [3.05, 3.63) is 157 Å². The Kier molecular flexibility index (Phi) is 5.49. The summed E-state index contributed by atoms with van der Waals surface area (Å²) in [6.45, 7) is 0. The van der Waals surface area contributed by atoms with E-state index in [-0.39, 0.29) is 0 Å². The first-order valence-electron chi connectivity index (χ1n) is 12.8. The standard InChI is InChI=1S/C36H24N2/c1-3-9-25(10-4-1)27-17-21-30(22-18-27)37-35-32-15-7-13-29-14-8-16-33(34(29)32)36(35)38-31-23-19-28(20-24-31)26-11-5-2-6-12-26/h1-24H. The molecule has 0 atom stereocenters. The predicted octanol–water partition coefficient (Wildman–Crippen LogP) is 9.43. The first-order valence-corrected chi connectivity index (χ1v) is 12.8. The summed E-state index contributed by atoms with van der Waals surface area (Å²) >= 11 is 0. The smallest absolute Gasteiger partial charge is 0.0978 e. The van der Waals surface area contributed by atoms with Crippen molar-refractivity contribution in [3.63, 3.8) is 0 Å². The molecule has 2 nitrogen and oxygen atoms in total. The van der Waals surface area contributed by atoms with Crippen molar-refractivity contribution in [1.82, 2.24) is 0 Å². The van der Waals surface area contributed by atoms with E-state index in [1.807, 2.05) is 12.1 Å². The number of benzene rings is 6. The second-order valence-corrected chi connectivity index (χ2v) is 9.46. The van der Waals surface area contributed by atoms with Crippen molar-refractivity contribution in [2.24, 2.45) is 9.98 Å². The molecule has 0 aliphatic heterocycles. The van der Waals surface area contributed by atoms with E-state index in [0.29, 0.717) is 0 Å². The van der Waals surface area contributed by atoms with Crippen LogP contribution in [-0.2, 0) is 0 Å². The molecule has 7 rings (SSSR count). The maximum Gasteiger partial charge on any atom is 0.0978 e. The summed E-state index contributed by atoms with van der Waals surface area (Å²) in [5.74, 6) is 0. The number of hydrogen-bond donors (Lipinski definition) is 0. The molecule has 0 bridgehead atoms. The third kappa shape index (κ3) is 4.03. The largest absolute Gasteiger partial charge is 0.246 e. The molecule has 38 heavy (non-hydrogen) atoms. The molecule has 0 amide bonds. The fraction of sp³-hybridized carbons (Fsp3) is 0. The monoisotopic (exact) mass is 484 g/mol. The van der Waals surface area contributed by atoms with Gasteiger partial charge in [-0.2, -0.15) is 0 Å². The SMILES string of the molecule is c1ccc(-c2ccc(N=C3C(=Nc4ccc(-c5ccccc5)cc4)c4cccc5cccc3c45)cc2)cc1. The fourth-order valence-corrected chi connectivity index (χ4v) is 5.19. The zero-order chi connectivity index (χ0) is 25.3. The topological polar surface area (TPSA) is 24.7 Å². The van der Waals surface area contributed by atoms with Crippen LogP contribution < -0.4 is 0 Å². The van der Waals surface area contributed by atoms with Gasteiger partial charge in [0.2, 0.25) is 0 Å². The van der Waals surface area contributed by atoms with E-state index in [0.717, 1.165) is 33.9 Å². The minimum absolute atomic E-state index is 0.913. The van der Waals surface area contributed by atoms with Crippen molar-refractivity contribution in [3.8, 4) is 22.3 Å². The van der Waals surface area contributed by atoms with E-state index in [4.69, 9.17) is 9.98 Å². The molecule has 0 radical (unpaired) electrons. The Labute approximate surface area is 222 Å². The maximum absolute atomic E-state index is 5.16. The zero-order valence-electron chi connectivity index (χ0n) is 20.8. The highest BCUT2D eigenvalue weighted by Gasteiger charge is 2.27. The molecule has 2 heteroatoms. The lowest BCUT2D eigenvalue weighted by atomic mass is 10.0. The summed E-state index contributed by atoms with van der Waals surface area (Å²) in [7, 11) is 0. The highest BCUT2D eigenvalue weighted by Crippen LogP contribution is 2.35. The normalized spacial score (nSPS) is 14.4.